The Morgan fingerprint density at radius 3 is 2.31 bits per heavy atom. The fraction of sp³-hybridized carbons (Fsp3) is 0.316. The Hall–Kier alpha value is -2.41. The van der Waals surface area contributed by atoms with Crippen LogP contribution in [0.4, 0.5) is 10.1 Å². The molecule has 0 aromatic heterocycles. The number of halogens is 1. The molecule has 1 N–H and O–H groups in total. The second-order valence-corrected chi connectivity index (χ2v) is 8.10. The lowest BCUT2D eigenvalue weighted by Crippen LogP contribution is -2.32. The van der Waals surface area contributed by atoms with Crippen molar-refractivity contribution in [2.45, 2.75) is 32.9 Å². The summed E-state index contributed by atoms with van der Waals surface area (Å²) < 4.78 is 39.4. The minimum absolute atomic E-state index is 0.0516. The van der Waals surface area contributed by atoms with Crippen LogP contribution < -0.4 is 9.62 Å². The van der Waals surface area contributed by atoms with Crippen LogP contribution in [0.25, 0.3) is 0 Å². The number of rotatable bonds is 7. The second-order valence-electron chi connectivity index (χ2n) is 6.19. The van der Waals surface area contributed by atoms with Crippen LogP contribution in [0.3, 0.4) is 0 Å². The van der Waals surface area contributed by atoms with E-state index >= 15 is 0 Å². The largest absolute Gasteiger partial charge is 0.350 e. The van der Waals surface area contributed by atoms with Crippen molar-refractivity contribution in [2.24, 2.45) is 0 Å². The Morgan fingerprint density at radius 2 is 1.77 bits per heavy atom. The molecule has 0 heterocycles. The quantitative estimate of drug-likeness (QED) is 0.804. The molecule has 7 heteroatoms. The Labute approximate surface area is 153 Å². The highest BCUT2D eigenvalue weighted by molar-refractivity contribution is 7.92. The molecule has 1 amide bonds. The summed E-state index contributed by atoms with van der Waals surface area (Å²) in [7, 11) is -3.62. The fourth-order valence-electron chi connectivity index (χ4n) is 2.37. The standard InChI is InChI=1S/C19H23FN2O3S/c1-4-14(2)21-19(23)15-9-11-17(12-10-15)22(26(3,24)25)13-16-7-5-6-8-18(16)20/h5-12,14H,4,13H2,1-3H3,(H,21,23). The molecule has 0 aliphatic carbocycles. The van der Waals surface area contributed by atoms with Crippen molar-refractivity contribution in [3.63, 3.8) is 0 Å². The van der Waals surface area contributed by atoms with Gasteiger partial charge < -0.3 is 5.32 Å². The predicted octanol–water partition coefficient (Wildman–Crippen LogP) is 3.32. The number of hydrogen-bond acceptors (Lipinski definition) is 3. The van der Waals surface area contributed by atoms with E-state index in [9.17, 15) is 17.6 Å². The fourth-order valence-corrected chi connectivity index (χ4v) is 3.25. The van der Waals surface area contributed by atoms with E-state index in [0.29, 0.717) is 11.3 Å². The van der Waals surface area contributed by atoms with Crippen LogP contribution in [0.2, 0.25) is 0 Å². The molecule has 0 aliphatic heterocycles. The number of anilines is 1. The van der Waals surface area contributed by atoms with Crippen LogP contribution in [0.5, 0.6) is 0 Å². The number of sulfonamides is 1. The molecule has 0 saturated carbocycles. The van der Waals surface area contributed by atoms with Crippen LogP contribution in [0.1, 0.15) is 36.2 Å². The molecule has 2 aromatic rings. The highest BCUT2D eigenvalue weighted by atomic mass is 32.2. The summed E-state index contributed by atoms with van der Waals surface area (Å²) in [4.78, 5) is 12.1. The lowest BCUT2D eigenvalue weighted by molar-refractivity contribution is 0.0939. The van der Waals surface area contributed by atoms with Gasteiger partial charge in [0.1, 0.15) is 5.82 Å². The molecule has 26 heavy (non-hydrogen) atoms. The molecule has 0 aliphatic rings. The number of amides is 1. The van der Waals surface area contributed by atoms with E-state index in [2.05, 4.69) is 5.32 Å². The molecule has 0 spiro atoms. The third kappa shape index (κ3) is 5.05. The summed E-state index contributed by atoms with van der Waals surface area (Å²) in [5.74, 6) is -0.684. The highest BCUT2D eigenvalue weighted by Crippen LogP contribution is 2.22. The Bertz CT molecular complexity index is 867. The van der Waals surface area contributed by atoms with Crippen molar-refractivity contribution in [2.75, 3.05) is 10.6 Å². The zero-order chi connectivity index (χ0) is 19.3. The molecule has 0 saturated heterocycles. The molecule has 0 radical (unpaired) electrons. The van der Waals surface area contributed by atoms with Gasteiger partial charge in [0.05, 0.1) is 18.5 Å². The molecule has 140 valence electrons. The Morgan fingerprint density at radius 1 is 1.15 bits per heavy atom. The zero-order valence-electron chi connectivity index (χ0n) is 15.1. The van der Waals surface area contributed by atoms with Crippen LogP contribution in [0, 0.1) is 5.82 Å². The number of nitrogens with one attached hydrogen (secondary N) is 1. The summed E-state index contributed by atoms with van der Waals surface area (Å²) in [6, 6.07) is 12.3. The van der Waals surface area contributed by atoms with Gasteiger partial charge in [-0.05, 0) is 43.7 Å². The van der Waals surface area contributed by atoms with Crippen LogP contribution in [0.15, 0.2) is 48.5 Å². The maximum absolute atomic E-state index is 13.9. The van der Waals surface area contributed by atoms with Crippen molar-refractivity contribution in [3.05, 3.63) is 65.5 Å². The third-order valence-corrected chi connectivity index (χ3v) is 5.22. The number of benzene rings is 2. The van der Waals surface area contributed by atoms with Gasteiger partial charge in [0.2, 0.25) is 10.0 Å². The van der Waals surface area contributed by atoms with Gasteiger partial charge in [-0.25, -0.2) is 12.8 Å². The van der Waals surface area contributed by atoms with Gasteiger partial charge in [-0.2, -0.15) is 0 Å². The van der Waals surface area contributed by atoms with Crippen LogP contribution in [-0.2, 0) is 16.6 Å². The van der Waals surface area contributed by atoms with Gasteiger partial charge in [-0.3, -0.25) is 9.10 Å². The van der Waals surface area contributed by atoms with Crippen molar-refractivity contribution in [1.29, 1.82) is 0 Å². The van der Waals surface area contributed by atoms with Gasteiger partial charge >= 0.3 is 0 Å². The topological polar surface area (TPSA) is 66.5 Å². The van der Waals surface area contributed by atoms with E-state index in [0.717, 1.165) is 17.0 Å². The normalized spacial score (nSPS) is 12.5. The molecule has 1 atom stereocenters. The predicted molar refractivity (Wildman–Crippen MR) is 101 cm³/mol. The first kappa shape index (κ1) is 19.9. The van der Waals surface area contributed by atoms with Gasteiger partial charge in [-0.1, -0.05) is 25.1 Å². The smallest absolute Gasteiger partial charge is 0.251 e. The van der Waals surface area contributed by atoms with E-state index in [4.69, 9.17) is 0 Å². The number of carbonyl (C=O) groups is 1. The van der Waals surface area contributed by atoms with Gasteiger partial charge in [0.15, 0.2) is 0 Å². The molecule has 5 nitrogen and oxygen atoms in total. The molecule has 2 aromatic carbocycles. The summed E-state index contributed by atoms with van der Waals surface area (Å²) in [5.41, 5.74) is 1.08. The monoisotopic (exact) mass is 378 g/mol. The lowest BCUT2D eigenvalue weighted by Gasteiger charge is -2.23. The first-order valence-corrected chi connectivity index (χ1v) is 10.2. The van der Waals surface area contributed by atoms with Crippen molar-refractivity contribution in [3.8, 4) is 0 Å². The number of nitrogens with zero attached hydrogens (tertiary/aromatic N) is 1. The lowest BCUT2D eigenvalue weighted by atomic mass is 10.1. The van der Waals surface area contributed by atoms with Crippen LogP contribution in [-0.4, -0.2) is 26.6 Å². The maximum atomic E-state index is 13.9. The molecular formula is C19H23FN2O3S. The molecule has 0 fully saturated rings. The molecule has 1 unspecified atom stereocenters. The Kier molecular flexibility index (Phi) is 6.37. The van der Waals surface area contributed by atoms with Gasteiger partial charge in [-0.15, -0.1) is 0 Å². The van der Waals surface area contributed by atoms with E-state index < -0.39 is 15.8 Å². The first-order valence-electron chi connectivity index (χ1n) is 8.34. The average molecular weight is 378 g/mol. The average Bonchev–Trinajstić information content (AvgIpc) is 2.60. The SMILES string of the molecule is CCC(C)NC(=O)c1ccc(N(Cc2ccccc2F)S(C)(=O)=O)cc1. The van der Waals surface area contributed by atoms with Crippen molar-refractivity contribution < 1.29 is 17.6 Å². The van der Waals surface area contributed by atoms with Crippen molar-refractivity contribution in [1.82, 2.24) is 5.32 Å². The minimum atomic E-state index is -3.62. The number of carbonyl (C=O) groups excluding carboxylic acids is 1. The zero-order valence-corrected chi connectivity index (χ0v) is 15.9. The molecular weight excluding hydrogens is 355 g/mol. The third-order valence-electron chi connectivity index (χ3n) is 4.08. The summed E-state index contributed by atoms with van der Waals surface area (Å²) in [6.45, 7) is 3.76. The Balaban J connectivity index is 2.27. The van der Waals surface area contributed by atoms with E-state index in [1.54, 1.807) is 42.5 Å². The van der Waals surface area contributed by atoms with Crippen molar-refractivity contribution >= 4 is 21.6 Å². The maximum Gasteiger partial charge on any atom is 0.251 e. The summed E-state index contributed by atoms with van der Waals surface area (Å²) in [6.07, 6.45) is 1.88. The number of hydrogen-bond donors (Lipinski definition) is 1. The minimum Gasteiger partial charge on any atom is -0.350 e. The van der Waals surface area contributed by atoms with E-state index in [-0.39, 0.29) is 24.1 Å². The highest BCUT2D eigenvalue weighted by Gasteiger charge is 2.20. The first-order chi connectivity index (χ1) is 12.2. The van der Waals surface area contributed by atoms with E-state index in [1.807, 2.05) is 13.8 Å². The molecule has 2 rings (SSSR count). The second kappa shape index (κ2) is 8.31. The van der Waals surface area contributed by atoms with Gasteiger partial charge in [0.25, 0.3) is 5.91 Å². The summed E-state index contributed by atoms with van der Waals surface area (Å²) >= 11 is 0. The summed E-state index contributed by atoms with van der Waals surface area (Å²) in [5, 5.41) is 2.85. The molecule has 0 bridgehead atoms. The van der Waals surface area contributed by atoms with Gasteiger partial charge in [0, 0.05) is 17.2 Å². The van der Waals surface area contributed by atoms with Crippen LogP contribution >= 0.6 is 0 Å². The van der Waals surface area contributed by atoms with E-state index in [1.165, 1.54) is 6.07 Å².